The van der Waals surface area contributed by atoms with Crippen LogP contribution in [0.4, 0.5) is 4.39 Å². The van der Waals surface area contributed by atoms with E-state index in [4.69, 9.17) is 0 Å². The average Bonchev–Trinajstić information content (AvgIpc) is 2.29. The zero-order valence-corrected chi connectivity index (χ0v) is 9.75. The van der Waals surface area contributed by atoms with Crippen molar-refractivity contribution in [2.24, 2.45) is 0 Å². The first-order chi connectivity index (χ1) is 8.08. The third-order valence-corrected chi connectivity index (χ3v) is 2.76. The first-order valence-corrected chi connectivity index (χ1v) is 5.37. The molecule has 0 saturated carbocycles. The molecule has 0 bridgehead atoms. The summed E-state index contributed by atoms with van der Waals surface area (Å²) in [6.07, 6.45) is 0.295. The second-order valence-corrected chi connectivity index (χ2v) is 3.99. The van der Waals surface area contributed by atoms with Crippen molar-refractivity contribution in [3.8, 4) is 0 Å². The highest BCUT2D eigenvalue weighted by molar-refractivity contribution is 5.22. The lowest BCUT2D eigenvalue weighted by molar-refractivity contribution is 0.611. The van der Waals surface area contributed by atoms with E-state index in [2.05, 4.69) is 9.97 Å². The van der Waals surface area contributed by atoms with Crippen LogP contribution in [0.5, 0.6) is 0 Å². The zero-order valence-electron chi connectivity index (χ0n) is 9.75. The molecule has 0 saturated heterocycles. The van der Waals surface area contributed by atoms with Crippen LogP contribution in [0.25, 0.3) is 0 Å². The van der Waals surface area contributed by atoms with E-state index in [1.165, 1.54) is 6.07 Å². The summed E-state index contributed by atoms with van der Waals surface area (Å²) in [6, 6.07) is 6.48. The molecule has 3 nitrogen and oxygen atoms in total. The van der Waals surface area contributed by atoms with Crippen molar-refractivity contribution in [2.45, 2.75) is 20.3 Å². The van der Waals surface area contributed by atoms with Crippen molar-refractivity contribution < 1.29 is 4.39 Å². The number of nitrogens with one attached hydrogen (secondary N) is 1. The molecule has 1 N–H and O–H groups in total. The average molecular weight is 232 g/mol. The Kier molecular flexibility index (Phi) is 3.04. The Labute approximate surface area is 98.3 Å². The summed E-state index contributed by atoms with van der Waals surface area (Å²) in [5, 5.41) is 0. The van der Waals surface area contributed by atoms with Crippen molar-refractivity contribution in [1.29, 1.82) is 0 Å². The van der Waals surface area contributed by atoms with Crippen LogP contribution in [0.2, 0.25) is 0 Å². The first kappa shape index (κ1) is 11.5. The molecular formula is C13H13FN2O. The number of nitrogens with zero attached hydrogens (tertiary/aromatic N) is 1. The maximum Gasteiger partial charge on any atom is 0.254 e. The van der Waals surface area contributed by atoms with Crippen LogP contribution in [0.1, 0.15) is 22.6 Å². The number of aryl methyl sites for hydroxylation is 1. The molecule has 88 valence electrons. The number of H-pyrrole nitrogens is 1. The standard InChI is InChI=1S/C13H13FN2O/c1-8-9(2)15-12(16-13(8)17)7-10-5-3-4-6-11(10)14/h3-6H,7H2,1-2H3,(H,15,16,17). The Morgan fingerprint density at radius 1 is 1.29 bits per heavy atom. The van der Waals surface area contributed by atoms with Gasteiger partial charge in [0.15, 0.2) is 0 Å². The molecule has 1 heterocycles. The van der Waals surface area contributed by atoms with Crippen LogP contribution in [0.3, 0.4) is 0 Å². The minimum Gasteiger partial charge on any atom is -0.310 e. The molecule has 1 aromatic carbocycles. The van der Waals surface area contributed by atoms with Crippen LogP contribution in [-0.2, 0) is 6.42 Å². The second kappa shape index (κ2) is 4.49. The Hall–Kier alpha value is -1.97. The van der Waals surface area contributed by atoms with Gasteiger partial charge in [0.2, 0.25) is 0 Å². The molecule has 17 heavy (non-hydrogen) atoms. The van der Waals surface area contributed by atoms with Gasteiger partial charge in [0.05, 0.1) is 0 Å². The van der Waals surface area contributed by atoms with Crippen LogP contribution >= 0.6 is 0 Å². The highest BCUT2D eigenvalue weighted by Crippen LogP contribution is 2.10. The van der Waals surface area contributed by atoms with Crippen molar-refractivity contribution in [3.63, 3.8) is 0 Å². The van der Waals surface area contributed by atoms with Gasteiger partial charge in [-0.1, -0.05) is 18.2 Å². The lowest BCUT2D eigenvalue weighted by Crippen LogP contribution is -2.16. The number of hydrogen-bond acceptors (Lipinski definition) is 2. The maximum absolute atomic E-state index is 13.4. The lowest BCUT2D eigenvalue weighted by atomic mass is 10.1. The minimum absolute atomic E-state index is 0.163. The van der Waals surface area contributed by atoms with Crippen molar-refractivity contribution in [2.75, 3.05) is 0 Å². The summed E-state index contributed by atoms with van der Waals surface area (Å²) in [5.74, 6) is 0.205. The molecule has 0 atom stereocenters. The molecule has 0 aliphatic carbocycles. The number of rotatable bonds is 2. The molecule has 1 aromatic heterocycles. The molecule has 0 unspecified atom stereocenters. The number of benzene rings is 1. The molecule has 0 fully saturated rings. The Morgan fingerprint density at radius 3 is 2.65 bits per heavy atom. The summed E-state index contributed by atoms with van der Waals surface area (Å²) in [5.41, 5.74) is 1.64. The highest BCUT2D eigenvalue weighted by atomic mass is 19.1. The molecule has 0 radical (unpaired) electrons. The normalized spacial score (nSPS) is 10.5. The molecule has 2 aromatic rings. The predicted molar refractivity (Wildman–Crippen MR) is 63.5 cm³/mol. The number of aromatic amines is 1. The Morgan fingerprint density at radius 2 is 2.00 bits per heavy atom. The van der Waals surface area contributed by atoms with Crippen LogP contribution in [0, 0.1) is 19.7 Å². The van der Waals surface area contributed by atoms with Crippen molar-refractivity contribution in [1.82, 2.24) is 9.97 Å². The molecule has 0 amide bonds. The maximum atomic E-state index is 13.4. The van der Waals surface area contributed by atoms with Gasteiger partial charge in [-0.05, 0) is 25.5 Å². The van der Waals surface area contributed by atoms with Gasteiger partial charge in [-0.15, -0.1) is 0 Å². The summed E-state index contributed by atoms with van der Waals surface area (Å²) >= 11 is 0. The van der Waals surface area contributed by atoms with Crippen LogP contribution in [0.15, 0.2) is 29.1 Å². The predicted octanol–water partition coefficient (Wildman–Crippen LogP) is 2.12. The van der Waals surface area contributed by atoms with Crippen molar-refractivity contribution >= 4 is 0 Å². The van der Waals surface area contributed by atoms with Crippen LogP contribution in [-0.4, -0.2) is 9.97 Å². The summed E-state index contributed by atoms with van der Waals surface area (Å²) < 4.78 is 13.4. The minimum atomic E-state index is -0.284. The SMILES string of the molecule is Cc1nc(Cc2ccccc2F)[nH]c(=O)c1C. The molecule has 0 spiro atoms. The summed E-state index contributed by atoms with van der Waals surface area (Å²) in [7, 11) is 0. The largest absolute Gasteiger partial charge is 0.310 e. The van der Waals surface area contributed by atoms with E-state index in [9.17, 15) is 9.18 Å². The lowest BCUT2D eigenvalue weighted by Gasteiger charge is -2.05. The Balaban J connectivity index is 2.38. The number of hydrogen-bond donors (Lipinski definition) is 1. The third kappa shape index (κ3) is 2.41. The highest BCUT2D eigenvalue weighted by Gasteiger charge is 2.07. The number of aromatic nitrogens is 2. The Bertz CT molecular complexity index is 605. The van der Waals surface area contributed by atoms with Gasteiger partial charge < -0.3 is 4.98 Å². The fourth-order valence-corrected chi connectivity index (χ4v) is 1.61. The van der Waals surface area contributed by atoms with E-state index in [0.717, 1.165) is 0 Å². The monoisotopic (exact) mass is 232 g/mol. The summed E-state index contributed by atoms with van der Waals surface area (Å²) in [6.45, 7) is 3.49. The van der Waals surface area contributed by atoms with E-state index in [-0.39, 0.29) is 11.4 Å². The van der Waals surface area contributed by atoms with Gasteiger partial charge in [-0.25, -0.2) is 9.37 Å². The molecule has 4 heteroatoms. The molecular weight excluding hydrogens is 219 g/mol. The van der Waals surface area contributed by atoms with Crippen molar-refractivity contribution in [3.05, 3.63) is 63.1 Å². The van der Waals surface area contributed by atoms with E-state index in [1.807, 2.05) is 0 Å². The van der Waals surface area contributed by atoms with Gasteiger partial charge in [0, 0.05) is 17.7 Å². The van der Waals surface area contributed by atoms with Gasteiger partial charge in [0.1, 0.15) is 11.6 Å². The van der Waals surface area contributed by atoms with Gasteiger partial charge in [-0.2, -0.15) is 0 Å². The molecule has 0 aliphatic rings. The van der Waals surface area contributed by atoms with E-state index >= 15 is 0 Å². The molecule has 0 aliphatic heterocycles. The van der Waals surface area contributed by atoms with Gasteiger partial charge in [0.25, 0.3) is 5.56 Å². The smallest absolute Gasteiger partial charge is 0.254 e. The second-order valence-electron chi connectivity index (χ2n) is 3.99. The van der Waals surface area contributed by atoms with E-state index in [0.29, 0.717) is 29.1 Å². The molecule has 2 rings (SSSR count). The number of halogens is 1. The third-order valence-electron chi connectivity index (χ3n) is 2.76. The first-order valence-electron chi connectivity index (χ1n) is 5.37. The zero-order chi connectivity index (χ0) is 12.4. The quantitative estimate of drug-likeness (QED) is 0.862. The fraction of sp³-hybridized carbons (Fsp3) is 0.231. The van der Waals surface area contributed by atoms with Crippen LogP contribution < -0.4 is 5.56 Å². The fourth-order valence-electron chi connectivity index (χ4n) is 1.61. The van der Waals surface area contributed by atoms with Gasteiger partial charge >= 0.3 is 0 Å². The van der Waals surface area contributed by atoms with E-state index in [1.54, 1.807) is 32.0 Å². The van der Waals surface area contributed by atoms with Gasteiger partial charge in [-0.3, -0.25) is 4.79 Å². The summed E-state index contributed by atoms with van der Waals surface area (Å²) in [4.78, 5) is 18.5. The van der Waals surface area contributed by atoms with E-state index < -0.39 is 0 Å². The topological polar surface area (TPSA) is 45.8 Å².